The number of hydrogen-bond acceptors (Lipinski definition) is 3. The van der Waals surface area contributed by atoms with Crippen molar-refractivity contribution in [2.24, 2.45) is 11.7 Å². The second-order valence-corrected chi connectivity index (χ2v) is 9.15. The Balaban J connectivity index is 1.54. The van der Waals surface area contributed by atoms with Gasteiger partial charge in [-0.2, -0.15) is 0 Å². The number of ether oxygens (including phenoxy) is 1. The molecule has 2 atom stereocenters. The summed E-state index contributed by atoms with van der Waals surface area (Å²) in [7, 11) is 3.89. The molecule has 3 aromatic rings. The summed E-state index contributed by atoms with van der Waals surface area (Å²) in [6.07, 6.45) is 3.98. The van der Waals surface area contributed by atoms with Gasteiger partial charge in [0, 0.05) is 12.6 Å². The highest BCUT2D eigenvalue weighted by Gasteiger charge is 2.50. The summed E-state index contributed by atoms with van der Waals surface area (Å²) in [6, 6.07) is 28.9. The highest BCUT2D eigenvalue weighted by molar-refractivity contribution is 5.91. The maximum atomic E-state index is 13.2. The number of amides is 1. The van der Waals surface area contributed by atoms with E-state index in [-0.39, 0.29) is 11.8 Å². The average Bonchev–Trinajstić information content (AvgIpc) is 3.35. The third-order valence-corrected chi connectivity index (χ3v) is 7.40. The third-order valence-electron chi connectivity index (χ3n) is 7.40. The van der Waals surface area contributed by atoms with E-state index in [2.05, 4.69) is 48.3 Å². The Kier molecular flexibility index (Phi) is 7.14. The Morgan fingerprint density at radius 1 is 0.939 bits per heavy atom. The molecule has 4 nitrogen and oxygen atoms in total. The van der Waals surface area contributed by atoms with Crippen LogP contribution in [0.3, 0.4) is 0 Å². The van der Waals surface area contributed by atoms with Gasteiger partial charge in [0.1, 0.15) is 11.2 Å². The van der Waals surface area contributed by atoms with Crippen LogP contribution in [0.2, 0.25) is 0 Å². The van der Waals surface area contributed by atoms with Crippen molar-refractivity contribution in [2.75, 3.05) is 20.7 Å². The van der Waals surface area contributed by atoms with Crippen molar-refractivity contribution in [1.82, 2.24) is 4.90 Å². The molecule has 172 valence electrons. The highest BCUT2D eigenvalue weighted by Crippen LogP contribution is 2.47. The Bertz CT molecular complexity index is 995. The molecule has 33 heavy (non-hydrogen) atoms. The number of hydrogen-bond donors (Lipinski definition) is 1. The van der Waals surface area contributed by atoms with Crippen molar-refractivity contribution in [2.45, 2.75) is 37.1 Å². The Hall–Kier alpha value is -3.11. The van der Waals surface area contributed by atoms with Crippen LogP contribution in [0.4, 0.5) is 0 Å². The predicted octanol–water partition coefficient (Wildman–Crippen LogP) is 4.81. The molecule has 0 spiro atoms. The molecule has 0 bridgehead atoms. The molecule has 1 fully saturated rings. The van der Waals surface area contributed by atoms with Gasteiger partial charge < -0.3 is 15.4 Å². The lowest BCUT2D eigenvalue weighted by atomic mass is 9.64. The second-order valence-electron chi connectivity index (χ2n) is 9.15. The lowest BCUT2D eigenvalue weighted by Crippen LogP contribution is -2.48. The molecule has 3 aromatic carbocycles. The number of methoxy groups -OCH3 is 1. The molecule has 0 aromatic heterocycles. The van der Waals surface area contributed by atoms with Gasteiger partial charge in [-0.3, -0.25) is 4.79 Å². The zero-order valence-electron chi connectivity index (χ0n) is 19.6. The van der Waals surface area contributed by atoms with Crippen molar-refractivity contribution in [3.63, 3.8) is 0 Å². The van der Waals surface area contributed by atoms with E-state index >= 15 is 0 Å². The van der Waals surface area contributed by atoms with Crippen molar-refractivity contribution < 1.29 is 9.53 Å². The Labute approximate surface area is 197 Å². The summed E-state index contributed by atoms with van der Waals surface area (Å²) in [6.45, 7) is 0.976. The molecule has 1 amide bonds. The van der Waals surface area contributed by atoms with E-state index in [4.69, 9.17) is 10.5 Å². The molecular formula is C29H34N2O2. The van der Waals surface area contributed by atoms with Crippen LogP contribution < -0.4 is 10.5 Å². The summed E-state index contributed by atoms with van der Waals surface area (Å²) in [5, 5.41) is 0. The van der Waals surface area contributed by atoms with Crippen LogP contribution in [0.5, 0.6) is 5.75 Å². The zero-order valence-corrected chi connectivity index (χ0v) is 19.6. The van der Waals surface area contributed by atoms with Gasteiger partial charge in [-0.1, -0.05) is 72.8 Å². The largest absolute Gasteiger partial charge is 0.497 e. The summed E-state index contributed by atoms with van der Waals surface area (Å²) in [5.74, 6) is 0.787. The summed E-state index contributed by atoms with van der Waals surface area (Å²) in [5.41, 5.74) is 8.72. The number of nitrogens with zero attached hydrogens (tertiary/aromatic N) is 1. The Morgan fingerprint density at radius 3 is 2.03 bits per heavy atom. The fraction of sp³-hybridized carbons (Fsp3) is 0.345. The van der Waals surface area contributed by atoms with Gasteiger partial charge in [0.25, 0.3) is 0 Å². The minimum absolute atomic E-state index is 0.160. The normalized spacial score (nSPS) is 18.4. The quantitative estimate of drug-likeness (QED) is 0.517. The molecule has 1 aliphatic carbocycles. The van der Waals surface area contributed by atoms with Crippen molar-refractivity contribution >= 4 is 5.91 Å². The lowest BCUT2D eigenvalue weighted by Gasteiger charge is -2.38. The van der Waals surface area contributed by atoms with E-state index in [9.17, 15) is 4.79 Å². The van der Waals surface area contributed by atoms with Gasteiger partial charge in [0.2, 0.25) is 5.91 Å². The minimum atomic E-state index is -0.811. The van der Waals surface area contributed by atoms with Crippen LogP contribution in [0.1, 0.15) is 36.0 Å². The van der Waals surface area contributed by atoms with Crippen molar-refractivity contribution in [3.05, 3.63) is 102 Å². The monoisotopic (exact) mass is 442 g/mol. The number of primary amides is 1. The molecule has 0 aliphatic heterocycles. The van der Waals surface area contributed by atoms with E-state index in [1.54, 1.807) is 7.11 Å². The molecule has 1 aliphatic rings. The van der Waals surface area contributed by atoms with Crippen LogP contribution in [0.15, 0.2) is 84.9 Å². The van der Waals surface area contributed by atoms with Crippen LogP contribution in [-0.4, -0.2) is 37.6 Å². The van der Waals surface area contributed by atoms with E-state index in [0.717, 1.165) is 49.1 Å². The van der Waals surface area contributed by atoms with Crippen molar-refractivity contribution in [1.29, 1.82) is 0 Å². The van der Waals surface area contributed by atoms with E-state index in [1.165, 1.54) is 5.56 Å². The zero-order chi connectivity index (χ0) is 23.3. The molecular weight excluding hydrogens is 408 g/mol. The summed E-state index contributed by atoms with van der Waals surface area (Å²) >= 11 is 0. The first-order valence-electron chi connectivity index (χ1n) is 11.8. The van der Waals surface area contributed by atoms with Crippen LogP contribution in [0, 0.1) is 5.92 Å². The fourth-order valence-corrected chi connectivity index (χ4v) is 5.56. The van der Waals surface area contributed by atoms with E-state index in [1.807, 2.05) is 48.5 Å². The molecule has 0 radical (unpaired) electrons. The number of carbonyl (C=O) groups is 1. The summed E-state index contributed by atoms with van der Waals surface area (Å²) in [4.78, 5) is 15.7. The third kappa shape index (κ3) is 4.67. The summed E-state index contributed by atoms with van der Waals surface area (Å²) < 4.78 is 5.26. The smallest absolute Gasteiger partial charge is 0.232 e. The topological polar surface area (TPSA) is 55.6 Å². The van der Waals surface area contributed by atoms with Gasteiger partial charge >= 0.3 is 0 Å². The maximum absolute atomic E-state index is 13.2. The van der Waals surface area contributed by atoms with Crippen molar-refractivity contribution in [3.8, 4) is 5.75 Å². The van der Waals surface area contributed by atoms with Gasteiger partial charge in [0.15, 0.2) is 0 Å². The molecule has 2 N–H and O–H groups in total. The number of carbonyl (C=O) groups excluding carboxylic acids is 1. The van der Waals surface area contributed by atoms with E-state index in [0.29, 0.717) is 6.04 Å². The molecule has 1 saturated carbocycles. The first-order valence-corrected chi connectivity index (χ1v) is 11.8. The van der Waals surface area contributed by atoms with Crippen LogP contribution in [0.25, 0.3) is 0 Å². The Morgan fingerprint density at radius 2 is 1.52 bits per heavy atom. The standard InChI is InChI=1S/C29H34N2O2/c1-31(20-19-22-13-17-27(33-2)18-14-22)26-16-15-25(21-26)29(28(30)32,23-9-5-3-6-10-23)24-11-7-4-8-12-24/h3-14,17-18,25-26H,15-16,19-21H2,1-2H3,(H2,30,32). The SMILES string of the molecule is COc1ccc(CCN(C)C2CCC(C(C(N)=O)(c3ccccc3)c3ccccc3)C2)cc1. The first kappa shape index (κ1) is 23.1. The second kappa shape index (κ2) is 10.2. The lowest BCUT2D eigenvalue weighted by molar-refractivity contribution is -0.123. The predicted molar refractivity (Wildman–Crippen MR) is 133 cm³/mol. The number of likely N-dealkylation sites (N-methyl/N-ethyl adjacent to an activating group) is 1. The van der Waals surface area contributed by atoms with Gasteiger partial charge in [-0.25, -0.2) is 0 Å². The molecule has 0 saturated heterocycles. The van der Waals surface area contributed by atoms with Gasteiger partial charge in [-0.15, -0.1) is 0 Å². The first-order chi connectivity index (χ1) is 16.1. The molecule has 0 heterocycles. The number of nitrogens with two attached hydrogens (primary N) is 1. The number of rotatable bonds is 9. The van der Waals surface area contributed by atoms with E-state index < -0.39 is 5.41 Å². The average molecular weight is 443 g/mol. The highest BCUT2D eigenvalue weighted by atomic mass is 16.5. The van der Waals surface area contributed by atoms with Crippen LogP contribution >= 0.6 is 0 Å². The van der Waals surface area contributed by atoms with Gasteiger partial charge in [0.05, 0.1) is 7.11 Å². The maximum Gasteiger partial charge on any atom is 0.232 e. The van der Waals surface area contributed by atoms with Crippen LogP contribution in [-0.2, 0) is 16.6 Å². The molecule has 4 rings (SSSR count). The molecule has 2 unspecified atom stereocenters. The molecule has 4 heteroatoms. The fourth-order valence-electron chi connectivity index (χ4n) is 5.56. The number of benzene rings is 3. The van der Waals surface area contributed by atoms with Gasteiger partial charge in [-0.05, 0) is 67.5 Å². The minimum Gasteiger partial charge on any atom is -0.497 e.